The van der Waals surface area contributed by atoms with Crippen LogP contribution in [0, 0.1) is 45.8 Å². The molecule has 1 spiro atoms. The van der Waals surface area contributed by atoms with Gasteiger partial charge in [-0.15, -0.1) is 0 Å². The second-order valence-corrected chi connectivity index (χ2v) is 13.0. The van der Waals surface area contributed by atoms with Crippen molar-refractivity contribution in [3.05, 3.63) is 0 Å². The first kappa shape index (κ1) is 22.2. The van der Waals surface area contributed by atoms with E-state index in [1.54, 1.807) is 19.3 Å². The lowest BCUT2D eigenvalue weighted by molar-refractivity contribution is -0.118. The van der Waals surface area contributed by atoms with Crippen LogP contribution < -0.4 is 5.32 Å². The van der Waals surface area contributed by atoms with E-state index in [1.807, 2.05) is 0 Å². The number of rotatable bonds is 6. The summed E-state index contributed by atoms with van der Waals surface area (Å²) in [5.74, 6) is 4.80. The van der Waals surface area contributed by atoms with Crippen LogP contribution in [-0.4, -0.2) is 13.1 Å². The largest absolute Gasteiger partial charge is 0.317 e. The van der Waals surface area contributed by atoms with Gasteiger partial charge in [0.2, 0.25) is 0 Å². The van der Waals surface area contributed by atoms with Crippen molar-refractivity contribution in [3.8, 4) is 0 Å². The lowest BCUT2D eigenvalue weighted by Crippen LogP contribution is -2.55. The Bertz CT molecular complexity index is 569. The molecule has 0 amide bonds. The van der Waals surface area contributed by atoms with E-state index in [0.717, 1.165) is 35.6 Å². The molecule has 29 heavy (non-hydrogen) atoms. The molecule has 0 aromatic rings. The van der Waals surface area contributed by atoms with E-state index in [9.17, 15) is 0 Å². The summed E-state index contributed by atoms with van der Waals surface area (Å²) in [6.45, 7) is 12.9. The van der Waals surface area contributed by atoms with Gasteiger partial charge in [0.1, 0.15) is 0 Å². The van der Waals surface area contributed by atoms with Crippen molar-refractivity contribution in [2.45, 2.75) is 124 Å². The van der Waals surface area contributed by atoms with Gasteiger partial charge in [0.15, 0.2) is 0 Å². The molecule has 0 radical (unpaired) electrons. The highest BCUT2D eigenvalue weighted by molar-refractivity contribution is 5.17. The zero-order chi connectivity index (χ0) is 20.9. The molecule has 4 aliphatic rings. The minimum Gasteiger partial charge on any atom is -0.317 e. The molecule has 0 aromatic carbocycles. The van der Waals surface area contributed by atoms with E-state index in [-0.39, 0.29) is 0 Å². The molecule has 0 aromatic heterocycles. The molecular weight excluding hydrogens is 350 g/mol. The monoisotopic (exact) mass is 401 g/mol. The SMILES string of the molecule is CNC1CCC2(C)C(CCCC23CCC2(C)C([C@H](C)CCCC(C)C)CCC23)C1. The van der Waals surface area contributed by atoms with Crippen LogP contribution in [0.25, 0.3) is 0 Å². The molecule has 1 nitrogen and oxygen atoms in total. The van der Waals surface area contributed by atoms with Gasteiger partial charge in [-0.3, -0.25) is 0 Å². The summed E-state index contributed by atoms with van der Waals surface area (Å²) in [5.41, 5.74) is 1.94. The van der Waals surface area contributed by atoms with Crippen molar-refractivity contribution < 1.29 is 0 Å². The topological polar surface area (TPSA) is 12.0 Å². The van der Waals surface area contributed by atoms with Crippen LogP contribution in [0.4, 0.5) is 0 Å². The van der Waals surface area contributed by atoms with Gasteiger partial charge in [-0.25, -0.2) is 0 Å². The highest BCUT2D eigenvalue weighted by Crippen LogP contribution is 2.76. The summed E-state index contributed by atoms with van der Waals surface area (Å²) in [7, 11) is 2.20. The Balaban J connectivity index is 1.53. The molecule has 0 aliphatic heterocycles. The average Bonchev–Trinajstić information content (AvgIpc) is 3.16. The fourth-order valence-corrected chi connectivity index (χ4v) is 9.87. The molecule has 0 bridgehead atoms. The highest BCUT2D eigenvalue weighted by atomic mass is 14.9. The lowest BCUT2D eigenvalue weighted by atomic mass is 9.44. The second kappa shape index (κ2) is 8.14. The number of hydrogen-bond acceptors (Lipinski definition) is 1. The first-order valence-corrected chi connectivity index (χ1v) is 13.4. The van der Waals surface area contributed by atoms with Gasteiger partial charge in [0, 0.05) is 6.04 Å². The molecular formula is C28H51N. The summed E-state index contributed by atoms with van der Waals surface area (Å²) in [6.07, 6.45) is 19.5. The Morgan fingerprint density at radius 3 is 2.41 bits per heavy atom. The molecule has 4 aliphatic carbocycles. The molecule has 4 rings (SSSR count). The van der Waals surface area contributed by atoms with Crippen molar-refractivity contribution in [1.29, 1.82) is 0 Å². The maximum atomic E-state index is 3.64. The van der Waals surface area contributed by atoms with E-state index >= 15 is 0 Å². The molecule has 4 fully saturated rings. The predicted molar refractivity (Wildman–Crippen MR) is 126 cm³/mol. The van der Waals surface area contributed by atoms with Gasteiger partial charge in [0.25, 0.3) is 0 Å². The first-order valence-electron chi connectivity index (χ1n) is 13.4. The van der Waals surface area contributed by atoms with Crippen LogP contribution in [0.15, 0.2) is 0 Å². The van der Waals surface area contributed by atoms with Crippen LogP contribution in [0.3, 0.4) is 0 Å². The summed E-state index contributed by atoms with van der Waals surface area (Å²) < 4.78 is 0. The molecule has 168 valence electrons. The molecule has 0 saturated heterocycles. The number of hydrogen-bond donors (Lipinski definition) is 1. The van der Waals surface area contributed by atoms with Crippen molar-refractivity contribution >= 4 is 0 Å². The summed E-state index contributed by atoms with van der Waals surface area (Å²) in [4.78, 5) is 0. The van der Waals surface area contributed by atoms with Gasteiger partial charge in [-0.05, 0) is 111 Å². The third-order valence-corrected chi connectivity index (χ3v) is 11.5. The van der Waals surface area contributed by atoms with E-state index in [1.165, 1.54) is 64.2 Å². The zero-order valence-corrected chi connectivity index (χ0v) is 20.7. The van der Waals surface area contributed by atoms with Crippen LogP contribution in [0.1, 0.15) is 118 Å². The Labute approximate surface area is 182 Å². The molecule has 7 unspecified atom stereocenters. The molecule has 1 N–H and O–H groups in total. The average molecular weight is 402 g/mol. The highest BCUT2D eigenvalue weighted by Gasteiger charge is 2.68. The molecule has 8 atom stereocenters. The third-order valence-electron chi connectivity index (χ3n) is 11.5. The van der Waals surface area contributed by atoms with Gasteiger partial charge in [-0.1, -0.05) is 60.3 Å². The van der Waals surface area contributed by atoms with Crippen LogP contribution in [-0.2, 0) is 0 Å². The minimum absolute atomic E-state index is 0.622. The predicted octanol–water partition coefficient (Wildman–Crippen LogP) is 7.84. The fraction of sp³-hybridized carbons (Fsp3) is 1.00. The molecule has 0 heterocycles. The first-order chi connectivity index (χ1) is 13.8. The van der Waals surface area contributed by atoms with Crippen molar-refractivity contribution in [2.24, 2.45) is 45.8 Å². The van der Waals surface area contributed by atoms with Crippen molar-refractivity contribution in [3.63, 3.8) is 0 Å². The normalized spacial score (nSPS) is 48.1. The van der Waals surface area contributed by atoms with Crippen LogP contribution in [0.5, 0.6) is 0 Å². The van der Waals surface area contributed by atoms with Gasteiger partial charge >= 0.3 is 0 Å². The van der Waals surface area contributed by atoms with E-state index in [0.29, 0.717) is 16.2 Å². The maximum Gasteiger partial charge on any atom is 0.00671 e. The standard InChI is InChI=1S/C28H51N/c1-20(2)9-7-10-21(3)24-12-13-25-26(24,4)17-18-28(25)15-8-11-22-19-23(29-6)14-16-27(22,28)5/h20-25,29H,7-19H2,1-6H3/t21-,22?,23?,24?,25?,26?,27?,28?/m1/s1. The number of fused-ring (bicyclic) bond motifs is 4. The number of nitrogens with one attached hydrogen (secondary N) is 1. The van der Waals surface area contributed by atoms with Gasteiger partial charge < -0.3 is 5.32 Å². The maximum absolute atomic E-state index is 3.64. The van der Waals surface area contributed by atoms with Crippen LogP contribution >= 0.6 is 0 Å². The Morgan fingerprint density at radius 2 is 1.69 bits per heavy atom. The van der Waals surface area contributed by atoms with E-state index in [2.05, 4.69) is 47.0 Å². The molecule has 1 heteroatoms. The summed E-state index contributed by atoms with van der Waals surface area (Å²) >= 11 is 0. The smallest absolute Gasteiger partial charge is 0.00671 e. The Hall–Kier alpha value is -0.0400. The Morgan fingerprint density at radius 1 is 0.897 bits per heavy atom. The van der Waals surface area contributed by atoms with Crippen molar-refractivity contribution in [2.75, 3.05) is 7.05 Å². The second-order valence-electron chi connectivity index (χ2n) is 13.0. The summed E-state index contributed by atoms with van der Waals surface area (Å²) in [5, 5.41) is 3.64. The summed E-state index contributed by atoms with van der Waals surface area (Å²) in [6, 6.07) is 0.785. The fourth-order valence-electron chi connectivity index (χ4n) is 9.87. The zero-order valence-electron chi connectivity index (χ0n) is 20.7. The van der Waals surface area contributed by atoms with E-state index < -0.39 is 0 Å². The van der Waals surface area contributed by atoms with Crippen molar-refractivity contribution in [1.82, 2.24) is 5.32 Å². The van der Waals surface area contributed by atoms with Gasteiger partial charge in [-0.2, -0.15) is 0 Å². The Kier molecular flexibility index (Phi) is 6.22. The minimum atomic E-state index is 0.622. The molecule has 4 saturated carbocycles. The lowest BCUT2D eigenvalue weighted by Gasteiger charge is -2.61. The van der Waals surface area contributed by atoms with E-state index in [4.69, 9.17) is 0 Å². The quantitative estimate of drug-likeness (QED) is 0.478. The van der Waals surface area contributed by atoms with Gasteiger partial charge in [0.05, 0.1) is 0 Å². The third kappa shape index (κ3) is 3.44. The van der Waals surface area contributed by atoms with Crippen LogP contribution in [0.2, 0.25) is 0 Å².